The van der Waals surface area contributed by atoms with Gasteiger partial charge in [0, 0.05) is 0 Å². The minimum absolute atomic E-state index is 0.0162. The summed E-state index contributed by atoms with van der Waals surface area (Å²) in [6, 6.07) is 22.5. The number of rotatable bonds is 4. The normalized spacial score (nSPS) is 11.6. The van der Waals surface area contributed by atoms with Gasteiger partial charge in [-0.25, -0.2) is 0 Å². The molecule has 3 heteroatoms. The Morgan fingerprint density at radius 1 is 0.737 bits per heavy atom. The van der Waals surface area contributed by atoms with Crippen molar-refractivity contribution in [2.24, 2.45) is 0 Å². The standard InChI is InChI=1S/C12H10P.C3H9Si.CH3.La/c1-3-7-11(8-4-1)13-12-9-5-2-6-10-12;1-4(2)3;;/h1-10H;1-3H3;1H3;/q-1;;;+1. The van der Waals surface area contributed by atoms with E-state index in [1.165, 1.54) is 0 Å². The average Bonchev–Trinajstić information content (AvgIpc) is 2.40. The molecule has 98 valence electrons. The van der Waals surface area contributed by atoms with Crippen LogP contribution in [0.5, 0.6) is 0 Å². The molecule has 0 aromatic heterocycles. The van der Waals surface area contributed by atoms with E-state index < -0.39 is 31.9 Å². The van der Waals surface area contributed by atoms with Crippen LogP contribution in [-0.4, -0.2) is 3.59 Å². The Kier molecular flexibility index (Phi) is 5.63. The summed E-state index contributed by atoms with van der Waals surface area (Å²) in [4.78, 5) is 0. The molecule has 0 saturated carbocycles. The van der Waals surface area contributed by atoms with Crippen molar-refractivity contribution in [1.29, 1.82) is 0 Å². The van der Waals surface area contributed by atoms with E-state index in [4.69, 9.17) is 0 Å². The van der Waals surface area contributed by atoms with Gasteiger partial charge in [-0.15, -0.1) is 0 Å². The fourth-order valence-corrected chi connectivity index (χ4v) is 47.5. The van der Waals surface area contributed by atoms with Crippen LogP contribution < -0.4 is 10.6 Å². The van der Waals surface area contributed by atoms with Gasteiger partial charge >= 0.3 is 130 Å². The summed E-state index contributed by atoms with van der Waals surface area (Å²) in [5.41, 5.74) is 0. The van der Waals surface area contributed by atoms with Crippen molar-refractivity contribution in [3.8, 4) is 0 Å². The summed E-state index contributed by atoms with van der Waals surface area (Å²) in [6.45, 7) is 7.75. The third-order valence-corrected chi connectivity index (χ3v) is 67.8. The zero-order valence-corrected chi connectivity index (χ0v) is 17.8. The zero-order valence-electron chi connectivity index (χ0n) is 12.3. The Morgan fingerprint density at radius 3 is 1.42 bits per heavy atom. The molecule has 0 fully saturated rings. The molecule has 2 rings (SSSR count). The van der Waals surface area contributed by atoms with Gasteiger partial charge in [0.1, 0.15) is 0 Å². The van der Waals surface area contributed by atoms with E-state index in [1.54, 1.807) is 10.6 Å². The molecule has 0 aliphatic heterocycles. The molecular formula is C16H22LaPSi. The first-order valence-corrected chi connectivity index (χ1v) is 25.8. The van der Waals surface area contributed by atoms with Gasteiger partial charge in [0.25, 0.3) is 0 Å². The number of benzene rings is 2. The fourth-order valence-electron chi connectivity index (χ4n) is 2.16. The second-order valence-electron chi connectivity index (χ2n) is 6.08. The predicted octanol–water partition coefficient (Wildman–Crippen LogP) is 4.54. The van der Waals surface area contributed by atoms with Crippen LogP contribution in [-0.2, 0) is 0 Å². The van der Waals surface area contributed by atoms with E-state index in [0.717, 1.165) is 0 Å². The fraction of sp³-hybridized carbons (Fsp3) is 0.250. The molecule has 0 atom stereocenters. The molecule has 0 saturated heterocycles. The van der Waals surface area contributed by atoms with E-state index in [2.05, 4.69) is 83.6 Å². The monoisotopic (exact) mass is 412 g/mol. The molecule has 0 unspecified atom stereocenters. The van der Waals surface area contributed by atoms with Gasteiger partial charge in [0.05, 0.1) is 0 Å². The molecular weight excluding hydrogens is 390 g/mol. The van der Waals surface area contributed by atoms with Crippen LogP contribution in [0, 0.1) is 28.3 Å². The van der Waals surface area contributed by atoms with Crippen LogP contribution in [0.3, 0.4) is 0 Å². The first-order valence-electron chi connectivity index (χ1n) is 6.89. The van der Waals surface area contributed by atoms with Crippen LogP contribution in [0.15, 0.2) is 60.7 Å². The Labute approximate surface area is 128 Å². The Hall–Kier alpha value is 0.282. The van der Waals surface area contributed by atoms with Crippen molar-refractivity contribution >= 4 is 17.9 Å². The van der Waals surface area contributed by atoms with Gasteiger partial charge in [-0.2, -0.15) is 0 Å². The van der Waals surface area contributed by atoms with Crippen LogP contribution in [0.2, 0.25) is 23.0 Å². The van der Waals surface area contributed by atoms with Gasteiger partial charge in [-0.1, -0.05) is 0 Å². The van der Waals surface area contributed by atoms with Crippen LogP contribution >= 0.6 is 3.69 Å². The Bertz CT molecular complexity index is 468. The van der Waals surface area contributed by atoms with Gasteiger partial charge in [-0.3, -0.25) is 0 Å². The molecule has 0 aliphatic rings. The third-order valence-electron chi connectivity index (χ3n) is 3.71. The van der Waals surface area contributed by atoms with Crippen molar-refractivity contribution in [3.05, 3.63) is 60.7 Å². The first kappa shape index (κ1) is 15.7. The quantitative estimate of drug-likeness (QED) is 0.511. The maximum atomic E-state index is 2.68. The van der Waals surface area contributed by atoms with Crippen molar-refractivity contribution in [3.63, 3.8) is 0 Å². The minimum atomic E-state index is -1.68. The Balaban J connectivity index is 2.46. The second-order valence-corrected chi connectivity index (χ2v) is 53.5. The molecule has 0 aliphatic carbocycles. The topological polar surface area (TPSA) is 0 Å². The van der Waals surface area contributed by atoms with E-state index in [0.29, 0.717) is 0 Å². The maximum absolute atomic E-state index is 2.68. The first-order chi connectivity index (χ1) is 9.00. The van der Waals surface area contributed by atoms with E-state index in [9.17, 15) is 0 Å². The molecule has 19 heavy (non-hydrogen) atoms. The summed E-state index contributed by atoms with van der Waals surface area (Å²) in [7, 11) is 0. The van der Waals surface area contributed by atoms with Gasteiger partial charge in [-0.05, 0) is 0 Å². The van der Waals surface area contributed by atoms with E-state index in [-0.39, 0.29) is 3.69 Å². The summed E-state index contributed by atoms with van der Waals surface area (Å²) in [5.74, 6) is 0. The molecule has 0 radical (unpaired) electrons. The Morgan fingerprint density at radius 2 is 1.11 bits per heavy atom. The zero-order chi connectivity index (χ0) is 13.9. The third kappa shape index (κ3) is 4.12. The molecule has 0 nitrogen and oxygen atoms in total. The summed E-state index contributed by atoms with van der Waals surface area (Å²) < 4.78 is 1.72. The molecule has 2 aromatic carbocycles. The average molecular weight is 412 g/mol. The van der Waals surface area contributed by atoms with Gasteiger partial charge in [0.2, 0.25) is 0 Å². The summed E-state index contributed by atoms with van der Waals surface area (Å²) >= 11 is -1.68. The van der Waals surface area contributed by atoms with Crippen LogP contribution in [0.4, 0.5) is 0 Å². The second kappa shape index (κ2) is 6.83. The molecule has 0 amide bonds. The number of hydrogen-bond donors (Lipinski definition) is 0. The molecule has 0 heterocycles. The predicted molar refractivity (Wildman–Crippen MR) is 88.3 cm³/mol. The van der Waals surface area contributed by atoms with Crippen LogP contribution in [0.25, 0.3) is 0 Å². The van der Waals surface area contributed by atoms with Crippen molar-refractivity contribution in [2.45, 2.75) is 23.0 Å². The molecule has 0 bridgehead atoms. The van der Waals surface area contributed by atoms with E-state index >= 15 is 0 Å². The number of hydrogen-bond acceptors (Lipinski definition) is 0. The summed E-state index contributed by atoms with van der Waals surface area (Å²) in [5, 5.41) is 3.22. The van der Waals surface area contributed by atoms with Gasteiger partial charge in [0.15, 0.2) is 0 Å². The summed E-state index contributed by atoms with van der Waals surface area (Å²) in [6.07, 6.45) is 0. The molecule has 2 aromatic rings. The van der Waals surface area contributed by atoms with E-state index in [1.807, 2.05) is 0 Å². The van der Waals surface area contributed by atoms with Crippen molar-refractivity contribution < 1.29 is 28.3 Å². The van der Waals surface area contributed by atoms with Gasteiger partial charge < -0.3 is 0 Å². The SMILES string of the molecule is [CH3][La]([P](c1ccccc1)c1ccccc1)[Si](C)(C)C. The van der Waals surface area contributed by atoms with Crippen molar-refractivity contribution in [1.82, 2.24) is 0 Å². The van der Waals surface area contributed by atoms with Crippen molar-refractivity contribution in [2.75, 3.05) is 0 Å². The molecule has 0 N–H and O–H groups in total. The van der Waals surface area contributed by atoms with Crippen LogP contribution in [0.1, 0.15) is 0 Å². The molecule has 0 spiro atoms.